The Bertz CT molecular complexity index is 473. The number of carbonyl (C=O) groups excluding carboxylic acids is 1. The van der Waals surface area contributed by atoms with E-state index in [4.69, 9.17) is 16.3 Å². The standard InChI is InChI=1S/C14H17ClFNO2/c1-10-2-3-11(16)8-12(10)13(18)17-14(9-15)4-6-19-7-5-14/h2-3,8H,4-7,9H2,1H3,(H,17,18). The van der Waals surface area contributed by atoms with E-state index in [1.165, 1.54) is 12.1 Å². The molecule has 0 atom stereocenters. The molecule has 0 aromatic heterocycles. The molecule has 1 heterocycles. The lowest BCUT2D eigenvalue weighted by Crippen LogP contribution is -2.53. The highest BCUT2D eigenvalue weighted by Gasteiger charge is 2.33. The minimum absolute atomic E-state index is 0.278. The maximum Gasteiger partial charge on any atom is 0.252 e. The summed E-state index contributed by atoms with van der Waals surface area (Å²) in [5.41, 5.74) is 0.655. The summed E-state index contributed by atoms with van der Waals surface area (Å²) in [6, 6.07) is 4.20. The quantitative estimate of drug-likeness (QED) is 0.867. The second-order valence-electron chi connectivity index (χ2n) is 4.94. The number of alkyl halides is 1. The summed E-state index contributed by atoms with van der Waals surface area (Å²) in [4.78, 5) is 12.3. The van der Waals surface area contributed by atoms with Crippen molar-refractivity contribution >= 4 is 17.5 Å². The van der Waals surface area contributed by atoms with Crippen LogP contribution in [0.15, 0.2) is 18.2 Å². The Morgan fingerprint density at radius 2 is 2.16 bits per heavy atom. The predicted molar refractivity (Wildman–Crippen MR) is 72.1 cm³/mol. The molecule has 0 aliphatic carbocycles. The summed E-state index contributed by atoms with van der Waals surface area (Å²) < 4.78 is 18.5. The van der Waals surface area contributed by atoms with Gasteiger partial charge in [0.25, 0.3) is 5.91 Å². The normalized spacial score (nSPS) is 18.1. The average Bonchev–Trinajstić information content (AvgIpc) is 2.42. The molecule has 104 valence electrons. The van der Waals surface area contributed by atoms with Gasteiger partial charge in [0.1, 0.15) is 5.82 Å². The number of carbonyl (C=O) groups is 1. The lowest BCUT2D eigenvalue weighted by Gasteiger charge is -2.36. The van der Waals surface area contributed by atoms with Crippen LogP contribution < -0.4 is 5.32 Å². The van der Waals surface area contributed by atoms with Gasteiger partial charge in [-0.25, -0.2) is 4.39 Å². The molecular weight excluding hydrogens is 269 g/mol. The van der Waals surface area contributed by atoms with E-state index in [1.807, 2.05) is 0 Å². The predicted octanol–water partition coefficient (Wildman–Crippen LogP) is 2.65. The highest BCUT2D eigenvalue weighted by atomic mass is 35.5. The van der Waals surface area contributed by atoms with Gasteiger partial charge in [0, 0.05) is 24.7 Å². The maximum absolute atomic E-state index is 13.2. The van der Waals surface area contributed by atoms with Gasteiger partial charge in [-0.3, -0.25) is 4.79 Å². The summed E-state index contributed by atoms with van der Waals surface area (Å²) in [6.45, 7) is 2.94. The maximum atomic E-state index is 13.2. The smallest absolute Gasteiger partial charge is 0.252 e. The molecule has 2 rings (SSSR count). The first-order valence-corrected chi connectivity index (χ1v) is 6.82. The van der Waals surface area contributed by atoms with E-state index in [-0.39, 0.29) is 5.91 Å². The van der Waals surface area contributed by atoms with Crippen LogP contribution in [-0.4, -0.2) is 30.5 Å². The monoisotopic (exact) mass is 285 g/mol. The molecular formula is C14H17ClFNO2. The molecule has 1 aromatic rings. The Labute approximate surface area is 117 Å². The third-order valence-corrected chi connectivity index (χ3v) is 4.04. The van der Waals surface area contributed by atoms with E-state index in [2.05, 4.69) is 5.32 Å². The molecule has 1 fully saturated rings. The molecule has 1 N–H and O–H groups in total. The average molecular weight is 286 g/mol. The zero-order valence-corrected chi connectivity index (χ0v) is 11.6. The summed E-state index contributed by atoms with van der Waals surface area (Å²) >= 11 is 6.00. The molecule has 0 bridgehead atoms. The lowest BCUT2D eigenvalue weighted by atomic mass is 9.91. The second-order valence-corrected chi connectivity index (χ2v) is 5.21. The van der Waals surface area contributed by atoms with Crippen LogP contribution in [0.1, 0.15) is 28.8 Å². The number of ether oxygens (including phenoxy) is 1. The number of halogens is 2. The van der Waals surface area contributed by atoms with Crippen LogP contribution in [0.2, 0.25) is 0 Å². The van der Waals surface area contributed by atoms with Crippen LogP contribution >= 0.6 is 11.6 Å². The molecule has 19 heavy (non-hydrogen) atoms. The molecule has 0 unspecified atom stereocenters. The van der Waals surface area contributed by atoms with Gasteiger partial charge in [0.15, 0.2) is 0 Å². The van der Waals surface area contributed by atoms with Gasteiger partial charge in [-0.2, -0.15) is 0 Å². The van der Waals surface area contributed by atoms with Crippen molar-refractivity contribution in [3.63, 3.8) is 0 Å². The van der Waals surface area contributed by atoms with Crippen molar-refractivity contribution in [2.45, 2.75) is 25.3 Å². The fraction of sp³-hybridized carbons (Fsp3) is 0.500. The van der Waals surface area contributed by atoms with Gasteiger partial charge in [0.2, 0.25) is 0 Å². The second kappa shape index (κ2) is 5.88. The largest absolute Gasteiger partial charge is 0.381 e. The summed E-state index contributed by atoms with van der Waals surface area (Å²) in [5.74, 6) is -0.363. The van der Waals surface area contributed by atoms with Gasteiger partial charge in [-0.05, 0) is 37.5 Å². The summed E-state index contributed by atoms with van der Waals surface area (Å²) in [5, 5.41) is 2.95. The van der Waals surface area contributed by atoms with Crippen molar-refractivity contribution in [1.82, 2.24) is 5.32 Å². The van der Waals surface area contributed by atoms with Gasteiger partial charge in [0.05, 0.1) is 5.54 Å². The summed E-state index contributed by atoms with van der Waals surface area (Å²) in [7, 11) is 0. The number of hydrogen-bond acceptors (Lipinski definition) is 2. The van der Waals surface area contributed by atoms with Gasteiger partial charge >= 0.3 is 0 Å². The molecule has 1 aromatic carbocycles. The van der Waals surface area contributed by atoms with Gasteiger partial charge in [-0.1, -0.05) is 6.07 Å². The fourth-order valence-electron chi connectivity index (χ4n) is 2.20. The zero-order chi connectivity index (χ0) is 13.9. The molecule has 0 radical (unpaired) electrons. The SMILES string of the molecule is Cc1ccc(F)cc1C(=O)NC1(CCl)CCOCC1. The van der Waals surface area contributed by atoms with Crippen LogP contribution in [0.25, 0.3) is 0 Å². The molecule has 0 spiro atoms. The molecule has 1 saturated heterocycles. The van der Waals surface area contributed by atoms with E-state index in [0.29, 0.717) is 37.5 Å². The van der Waals surface area contributed by atoms with Crippen LogP contribution in [0.3, 0.4) is 0 Å². The van der Waals surface area contributed by atoms with E-state index in [9.17, 15) is 9.18 Å². The van der Waals surface area contributed by atoms with Crippen molar-refractivity contribution < 1.29 is 13.9 Å². The Hall–Kier alpha value is -1.13. The van der Waals surface area contributed by atoms with Crippen molar-refractivity contribution in [3.8, 4) is 0 Å². The topological polar surface area (TPSA) is 38.3 Å². The molecule has 1 aliphatic rings. The van der Waals surface area contributed by atoms with E-state index in [1.54, 1.807) is 13.0 Å². The molecule has 0 saturated carbocycles. The molecule has 3 nitrogen and oxygen atoms in total. The number of aryl methyl sites for hydroxylation is 1. The lowest BCUT2D eigenvalue weighted by molar-refractivity contribution is 0.0433. The van der Waals surface area contributed by atoms with E-state index < -0.39 is 11.4 Å². The number of benzene rings is 1. The van der Waals surface area contributed by atoms with Gasteiger partial charge in [-0.15, -0.1) is 11.6 Å². The number of hydrogen-bond donors (Lipinski definition) is 1. The Morgan fingerprint density at radius 3 is 2.79 bits per heavy atom. The molecule has 5 heteroatoms. The van der Waals surface area contributed by atoms with Crippen LogP contribution in [0.4, 0.5) is 4.39 Å². The van der Waals surface area contributed by atoms with Crippen LogP contribution in [-0.2, 0) is 4.74 Å². The Morgan fingerprint density at radius 1 is 1.47 bits per heavy atom. The van der Waals surface area contributed by atoms with Crippen LogP contribution in [0, 0.1) is 12.7 Å². The molecule has 1 amide bonds. The fourth-order valence-corrected chi connectivity index (χ4v) is 2.54. The van der Waals surface area contributed by atoms with Crippen molar-refractivity contribution in [2.75, 3.05) is 19.1 Å². The molecule has 1 aliphatic heterocycles. The van der Waals surface area contributed by atoms with Crippen molar-refractivity contribution in [1.29, 1.82) is 0 Å². The number of amides is 1. The van der Waals surface area contributed by atoms with E-state index in [0.717, 1.165) is 5.56 Å². The first kappa shape index (κ1) is 14.3. The van der Waals surface area contributed by atoms with Gasteiger partial charge < -0.3 is 10.1 Å². The first-order valence-electron chi connectivity index (χ1n) is 6.29. The Kier molecular flexibility index (Phi) is 4.42. The number of nitrogens with one attached hydrogen (secondary N) is 1. The first-order chi connectivity index (χ1) is 9.06. The van der Waals surface area contributed by atoms with E-state index >= 15 is 0 Å². The third kappa shape index (κ3) is 3.25. The van der Waals surface area contributed by atoms with Crippen molar-refractivity contribution in [2.24, 2.45) is 0 Å². The van der Waals surface area contributed by atoms with Crippen molar-refractivity contribution in [3.05, 3.63) is 35.1 Å². The third-order valence-electron chi connectivity index (χ3n) is 3.53. The highest BCUT2D eigenvalue weighted by molar-refractivity contribution is 6.19. The zero-order valence-electron chi connectivity index (χ0n) is 10.8. The summed E-state index contributed by atoms with van der Waals surface area (Å²) in [6.07, 6.45) is 1.35. The minimum atomic E-state index is -0.449. The number of rotatable bonds is 3. The highest BCUT2D eigenvalue weighted by Crippen LogP contribution is 2.23. The Balaban J connectivity index is 2.17. The van der Waals surface area contributed by atoms with Crippen LogP contribution in [0.5, 0.6) is 0 Å². The minimum Gasteiger partial charge on any atom is -0.381 e.